The van der Waals surface area contributed by atoms with E-state index in [-0.39, 0.29) is 4.08 Å². The number of thiazole rings is 1. The number of para-hydroxylation sites is 1. The summed E-state index contributed by atoms with van der Waals surface area (Å²) in [6, 6.07) is 16.6. The van der Waals surface area contributed by atoms with E-state index >= 15 is 0 Å². The Morgan fingerprint density at radius 2 is 1.68 bits per heavy atom. The highest BCUT2D eigenvalue weighted by atomic mass is 32.2. The van der Waals surface area contributed by atoms with Crippen LogP contribution in [0, 0.1) is 0 Å². The van der Waals surface area contributed by atoms with Crippen LogP contribution in [0.3, 0.4) is 0 Å². The van der Waals surface area contributed by atoms with Crippen LogP contribution in [0.4, 0.5) is 0 Å². The number of hydrogen-bond donors (Lipinski definition) is 0. The molecular weight excluding hydrogens is 330 g/mol. The van der Waals surface area contributed by atoms with Gasteiger partial charge in [-0.1, -0.05) is 24.3 Å². The third kappa shape index (κ3) is 2.24. The number of aromatic nitrogens is 1. The first-order valence-corrected chi connectivity index (χ1v) is 9.41. The first-order chi connectivity index (χ1) is 10.8. The number of nitrogens with zero attached hydrogens (tertiary/aromatic N) is 1. The smallest absolute Gasteiger partial charge is 0.146 e. The van der Waals surface area contributed by atoms with Crippen molar-refractivity contribution in [3.63, 3.8) is 0 Å². The molecule has 0 saturated carbocycles. The molecule has 0 spiro atoms. The van der Waals surface area contributed by atoms with E-state index in [9.17, 15) is 0 Å². The fourth-order valence-corrected chi connectivity index (χ4v) is 6.19. The summed E-state index contributed by atoms with van der Waals surface area (Å²) in [5, 5.41) is 5.45. The summed E-state index contributed by atoms with van der Waals surface area (Å²) in [6.07, 6.45) is 0. The zero-order chi connectivity index (χ0) is 15.0. The van der Waals surface area contributed by atoms with Crippen molar-refractivity contribution in [2.45, 2.75) is 4.08 Å². The second kappa shape index (κ2) is 5.65. The van der Waals surface area contributed by atoms with Gasteiger partial charge >= 0.3 is 0 Å². The number of ether oxygens (including phenoxy) is 1. The number of benzene rings is 2. The fraction of sp³-hybridized carbons (Fsp3) is 0.118. The van der Waals surface area contributed by atoms with E-state index in [0.29, 0.717) is 0 Å². The highest BCUT2D eigenvalue weighted by Crippen LogP contribution is 2.58. The molecule has 0 unspecified atom stereocenters. The molecule has 1 aromatic heterocycles. The van der Waals surface area contributed by atoms with Crippen LogP contribution in [0.5, 0.6) is 5.75 Å². The van der Waals surface area contributed by atoms with Crippen LogP contribution in [0.1, 0.15) is 10.6 Å². The van der Waals surface area contributed by atoms with Gasteiger partial charge in [0.1, 0.15) is 14.8 Å². The minimum atomic E-state index is -0.185. The quantitative estimate of drug-likeness (QED) is 0.630. The van der Waals surface area contributed by atoms with Crippen molar-refractivity contribution in [1.82, 2.24) is 4.98 Å². The molecule has 4 rings (SSSR count). The van der Waals surface area contributed by atoms with E-state index in [2.05, 4.69) is 41.1 Å². The molecule has 1 aliphatic heterocycles. The molecular formula is C17H13NOS3. The summed E-state index contributed by atoms with van der Waals surface area (Å²) in [7, 11) is 1.69. The minimum absolute atomic E-state index is 0.185. The van der Waals surface area contributed by atoms with Gasteiger partial charge in [-0.15, -0.1) is 34.9 Å². The number of hydrogen-bond acceptors (Lipinski definition) is 5. The van der Waals surface area contributed by atoms with E-state index in [0.717, 1.165) is 16.3 Å². The third-order valence-electron chi connectivity index (χ3n) is 3.57. The van der Waals surface area contributed by atoms with Crippen LogP contribution in [0.25, 0.3) is 10.2 Å². The topological polar surface area (TPSA) is 22.1 Å². The summed E-state index contributed by atoms with van der Waals surface area (Å²) >= 11 is 5.40. The zero-order valence-electron chi connectivity index (χ0n) is 11.9. The highest BCUT2D eigenvalue weighted by Gasteiger charge is 2.40. The van der Waals surface area contributed by atoms with E-state index in [1.165, 1.54) is 10.3 Å². The third-order valence-corrected chi connectivity index (χ3v) is 7.80. The molecule has 3 aromatic rings. The molecule has 0 aliphatic carbocycles. The summed E-state index contributed by atoms with van der Waals surface area (Å²) < 4.78 is 6.33. The average molecular weight is 343 g/mol. The molecule has 5 heteroatoms. The van der Waals surface area contributed by atoms with Gasteiger partial charge in [-0.2, -0.15) is 0 Å². The van der Waals surface area contributed by atoms with Gasteiger partial charge in [-0.05, 0) is 40.6 Å². The number of methoxy groups -OCH3 is 1. The predicted molar refractivity (Wildman–Crippen MR) is 97.7 cm³/mol. The standard InChI is InChI=1S/C17H13NOS3/c1-19-13-8-6-12(7-9-13)17(20-10-11-21-17)16-18-14-4-2-3-5-15(14)22-16/h2-11H,1H3. The number of fused-ring (bicyclic) bond motifs is 1. The van der Waals surface area contributed by atoms with Crippen molar-refractivity contribution in [3.8, 4) is 5.75 Å². The maximum Gasteiger partial charge on any atom is 0.146 e. The van der Waals surface area contributed by atoms with Crippen molar-refractivity contribution in [3.05, 3.63) is 69.9 Å². The molecule has 2 aromatic carbocycles. The van der Waals surface area contributed by atoms with Crippen LogP contribution < -0.4 is 4.74 Å². The molecule has 1 aliphatic rings. The molecule has 2 nitrogen and oxygen atoms in total. The van der Waals surface area contributed by atoms with Crippen LogP contribution in [0.2, 0.25) is 0 Å². The molecule has 0 amide bonds. The van der Waals surface area contributed by atoms with Crippen molar-refractivity contribution < 1.29 is 4.74 Å². The Hall–Kier alpha value is -1.43. The monoisotopic (exact) mass is 343 g/mol. The molecule has 2 heterocycles. The van der Waals surface area contributed by atoms with E-state index in [1.807, 2.05) is 41.7 Å². The molecule has 0 saturated heterocycles. The van der Waals surface area contributed by atoms with Crippen molar-refractivity contribution in [2.75, 3.05) is 7.11 Å². The summed E-state index contributed by atoms with van der Waals surface area (Å²) in [4.78, 5) is 4.89. The Morgan fingerprint density at radius 3 is 2.36 bits per heavy atom. The zero-order valence-corrected chi connectivity index (χ0v) is 14.3. The van der Waals surface area contributed by atoms with E-state index in [1.54, 1.807) is 18.4 Å². The van der Waals surface area contributed by atoms with Gasteiger partial charge in [0.15, 0.2) is 0 Å². The first kappa shape index (κ1) is 14.2. The van der Waals surface area contributed by atoms with Gasteiger partial charge in [0.25, 0.3) is 0 Å². The second-order valence-corrected chi connectivity index (χ2v) is 8.37. The lowest BCUT2D eigenvalue weighted by Gasteiger charge is -2.25. The Labute approximate surface area is 141 Å². The molecule has 0 bridgehead atoms. The molecule has 22 heavy (non-hydrogen) atoms. The van der Waals surface area contributed by atoms with Crippen LogP contribution in [-0.4, -0.2) is 12.1 Å². The molecule has 110 valence electrons. The predicted octanol–water partition coefficient (Wildman–Crippen LogP) is 5.46. The van der Waals surface area contributed by atoms with E-state index in [4.69, 9.17) is 9.72 Å². The van der Waals surface area contributed by atoms with Crippen LogP contribution >= 0.6 is 34.9 Å². The SMILES string of the molecule is COc1ccc(C2(c3nc4ccccc4s3)SC=CS2)cc1. The Kier molecular flexibility index (Phi) is 3.64. The Morgan fingerprint density at radius 1 is 0.955 bits per heavy atom. The van der Waals surface area contributed by atoms with Gasteiger partial charge in [-0.25, -0.2) is 4.98 Å². The van der Waals surface area contributed by atoms with Gasteiger partial charge in [0.2, 0.25) is 0 Å². The number of thioether (sulfide) groups is 2. The van der Waals surface area contributed by atoms with Crippen LogP contribution in [0.15, 0.2) is 59.3 Å². The average Bonchev–Trinajstić information content (AvgIpc) is 3.22. The van der Waals surface area contributed by atoms with Crippen molar-refractivity contribution >= 4 is 45.1 Å². The van der Waals surface area contributed by atoms with Crippen LogP contribution in [-0.2, 0) is 4.08 Å². The maximum atomic E-state index is 5.28. The lowest BCUT2D eigenvalue weighted by molar-refractivity contribution is 0.414. The van der Waals surface area contributed by atoms with Crippen molar-refractivity contribution in [2.24, 2.45) is 0 Å². The summed E-state index contributed by atoms with van der Waals surface area (Å²) in [5.41, 5.74) is 2.32. The molecule has 0 atom stereocenters. The molecule has 0 fully saturated rings. The lowest BCUT2D eigenvalue weighted by Crippen LogP contribution is -2.15. The molecule has 0 radical (unpaired) electrons. The van der Waals surface area contributed by atoms with E-state index < -0.39 is 0 Å². The van der Waals surface area contributed by atoms with Crippen molar-refractivity contribution in [1.29, 1.82) is 0 Å². The van der Waals surface area contributed by atoms with Gasteiger partial charge in [0, 0.05) is 0 Å². The minimum Gasteiger partial charge on any atom is -0.497 e. The first-order valence-electron chi connectivity index (χ1n) is 6.83. The molecule has 0 N–H and O–H groups in total. The second-order valence-electron chi connectivity index (χ2n) is 4.84. The fourth-order valence-electron chi connectivity index (χ4n) is 2.46. The highest BCUT2D eigenvalue weighted by molar-refractivity contribution is 8.23. The lowest BCUT2D eigenvalue weighted by atomic mass is 10.1. The normalized spacial score (nSPS) is 16.2. The summed E-state index contributed by atoms with van der Waals surface area (Å²) in [6.45, 7) is 0. The maximum absolute atomic E-state index is 5.28. The van der Waals surface area contributed by atoms with Gasteiger partial charge < -0.3 is 4.74 Å². The summed E-state index contributed by atoms with van der Waals surface area (Å²) in [5.74, 6) is 0.879. The van der Waals surface area contributed by atoms with Gasteiger partial charge in [0.05, 0.1) is 17.3 Å². The Bertz CT molecular complexity index is 797. The number of rotatable bonds is 3. The Balaban J connectivity index is 1.84. The van der Waals surface area contributed by atoms with Gasteiger partial charge in [-0.3, -0.25) is 0 Å². The largest absolute Gasteiger partial charge is 0.497 e.